The van der Waals surface area contributed by atoms with Crippen LogP contribution in [-0.2, 0) is 4.74 Å². The van der Waals surface area contributed by atoms with Crippen LogP contribution in [0.1, 0.15) is 21.6 Å². The number of carbonyl (C=O) groups excluding carboxylic acids is 1. The van der Waals surface area contributed by atoms with Gasteiger partial charge in [-0.25, -0.2) is 4.79 Å². The molecule has 0 aliphatic rings. The fourth-order valence-electron chi connectivity index (χ4n) is 2.96. The van der Waals surface area contributed by atoms with E-state index in [9.17, 15) is 4.79 Å². The Labute approximate surface area is 179 Å². The Balaban J connectivity index is 1.69. The molecule has 0 unspecified atom stereocenters. The summed E-state index contributed by atoms with van der Waals surface area (Å²) in [6, 6.07) is 25.5. The van der Waals surface area contributed by atoms with Crippen LogP contribution in [0.15, 0.2) is 90.0 Å². The average Bonchev–Trinajstić information content (AvgIpc) is 3.19. The molecule has 1 aromatic heterocycles. The first-order valence-electron chi connectivity index (χ1n) is 9.64. The van der Waals surface area contributed by atoms with Crippen LogP contribution in [0.3, 0.4) is 0 Å². The van der Waals surface area contributed by atoms with Crippen molar-refractivity contribution >= 4 is 11.9 Å². The molecule has 0 atom stereocenters. The van der Waals surface area contributed by atoms with Gasteiger partial charge in [-0.15, -0.1) is 15.0 Å². The Hall–Kier alpha value is -4.26. The van der Waals surface area contributed by atoms with Gasteiger partial charge in [0.2, 0.25) is 5.90 Å². The predicted octanol–water partition coefficient (Wildman–Crippen LogP) is 4.33. The number of aromatic nitrogens is 3. The van der Waals surface area contributed by atoms with E-state index in [4.69, 9.17) is 9.47 Å². The molecule has 3 aromatic carbocycles. The number of esters is 1. The summed E-state index contributed by atoms with van der Waals surface area (Å²) in [5.74, 6) is 0.381. The van der Waals surface area contributed by atoms with Gasteiger partial charge in [0.05, 0.1) is 18.4 Å². The van der Waals surface area contributed by atoms with Crippen LogP contribution >= 0.6 is 0 Å². The molecule has 31 heavy (non-hydrogen) atoms. The molecule has 154 valence electrons. The molecule has 0 aliphatic carbocycles. The van der Waals surface area contributed by atoms with Gasteiger partial charge >= 0.3 is 5.97 Å². The summed E-state index contributed by atoms with van der Waals surface area (Å²) in [6.45, 7) is 1.85. The molecule has 7 heteroatoms. The molecule has 0 bridgehead atoms. The Morgan fingerprint density at radius 2 is 1.48 bits per heavy atom. The fourth-order valence-corrected chi connectivity index (χ4v) is 2.96. The van der Waals surface area contributed by atoms with E-state index in [2.05, 4.69) is 15.4 Å². The molecule has 4 rings (SSSR count). The van der Waals surface area contributed by atoms with Crippen LogP contribution < -0.4 is 4.74 Å². The van der Waals surface area contributed by atoms with E-state index in [0.717, 1.165) is 11.3 Å². The second kappa shape index (κ2) is 9.04. The lowest BCUT2D eigenvalue weighted by atomic mass is 10.1. The number of hydrogen-bond donors (Lipinski definition) is 0. The average molecular weight is 412 g/mol. The maximum Gasteiger partial charge on any atom is 0.344 e. The predicted molar refractivity (Wildman–Crippen MR) is 117 cm³/mol. The third-order valence-corrected chi connectivity index (χ3v) is 4.64. The molecular weight excluding hydrogens is 392 g/mol. The normalized spacial score (nSPS) is 11.2. The lowest BCUT2D eigenvalue weighted by Crippen LogP contribution is -2.16. The molecule has 0 saturated carbocycles. The summed E-state index contributed by atoms with van der Waals surface area (Å²) in [5.41, 5.74) is 3.33. The number of methoxy groups -OCH3 is 1. The quantitative estimate of drug-likeness (QED) is 0.277. The maximum atomic E-state index is 12.6. The van der Waals surface area contributed by atoms with Crippen molar-refractivity contribution in [1.82, 2.24) is 15.1 Å². The van der Waals surface area contributed by atoms with Crippen LogP contribution in [-0.4, -0.2) is 34.1 Å². The zero-order valence-corrected chi connectivity index (χ0v) is 17.1. The monoisotopic (exact) mass is 412 g/mol. The van der Waals surface area contributed by atoms with Gasteiger partial charge in [0.15, 0.2) is 0 Å². The van der Waals surface area contributed by atoms with Crippen molar-refractivity contribution in [3.8, 4) is 17.0 Å². The van der Waals surface area contributed by atoms with Gasteiger partial charge in [0, 0.05) is 11.1 Å². The van der Waals surface area contributed by atoms with Crippen molar-refractivity contribution in [2.75, 3.05) is 7.11 Å². The van der Waals surface area contributed by atoms with Gasteiger partial charge in [0.1, 0.15) is 11.4 Å². The lowest BCUT2D eigenvalue weighted by Gasteiger charge is -2.08. The largest absolute Gasteiger partial charge is 0.497 e. The first-order valence-corrected chi connectivity index (χ1v) is 9.64. The molecule has 4 aromatic rings. The standard InChI is InChI=1S/C24H20N4O3/c1-17-22(18-13-15-21(30-2)16-14-18)25-27-28(17)26-23(19-9-5-3-6-10-19)31-24(29)20-11-7-4-8-12-20/h3-16H,1-2H3. The number of rotatable bonds is 5. The minimum atomic E-state index is -0.503. The highest BCUT2D eigenvalue weighted by Crippen LogP contribution is 2.23. The Bertz CT molecular complexity index is 1200. The highest BCUT2D eigenvalue weighted by molar-refractivity contribution is 6.05. The molecule has 0 fully saturated rings. The SMILES string of the molecule is COc1ccc(-c2nnn(N=C(OC(=O)c3ccccc3)c3ccccc3)c2C)cc1. The van der Waals surface area contributed by atoms with Crippen LogP contribution in [0.4, 0.5) is 0 Å². The van der Waals surface area contributed by atoms with Gasteiger partial charge in [-0.2, -0.15) is 0 Å². The molecule has 1 heterocycles. The highest BCUT2D eigenvalue weighted by Gasteiger charge is 2.16. The summed E-state index contributed by atoms with van der Waals surface area (Å²) in [5, 5.41) is 12.9. The Morgan fingerprint density at radius 3 is 2.10 bits per heavy atom. The van der Waals surface area contributed by atoms with E-state index in [1.165, 1.54) is 4.79 Å². The second-order valence-electron chi connectivity index (χ2n) is 6.67. The molecule has 7 nitrogen and oxygen atoms in total. The summed E-state index contributed by atoms with van der Waals surface area (Å²) in [4.78, 5) is 14.0. The van der Waals surface area contributed by atoms with Crippen LogP contribution in [0.2, 0.25) is 0 Å². The first kappa shape index (κ1) is 20.0. The fraction of sp³-hybridized carbons (Fsp3) is 0.0833. The van der Waals surface area contributed by atoms with Crippen LogP contribution in [0.5, 0.6) is 5.75 Å². The maximum absolute atomic E-state index is 12.6. The topological polar surface area (TPSA) is 78.6 Å². The molecule has 0 saturated heterocycles. The number of nitrogens with zero attached hydrogens (tertiary/aromatic N) is 4. The van der Waals surface area contributed by atoms with Crippen molar-refractivity contribution in [3.05, 3.63) is 102 Å². The van der Waals surface area contributed by atoms with E-state index in [1.807, 2.05) is 67.6 Å². The minimum Gasteiger partial charge on any atom is -0.497 e. The number of carbonyl (C=O) groups is 1. The molecule has 0 aliphatic heterocycles. The first-order chi connectivity index (χ1) is 15.2. The highest BCUT2D eigenvalue weighted by atomic mass is 16.5. The third-order valence-electron chi connectivity index (χ3n) is 4.64. The smallest absolute Gasteiger partial charge is 0.344 e. The Kier molecular flexibility index (Phi) is 5.84. The van der Waals surface area contributed by atoms with Crippen molar-refractivity contribution in [2.24, 2.45) is 5.10 Å². The van der Waals surface area contributed by atoms with Crippen molar-refractivity contribution < 1.29 is 14.3 Å². The van der Waals surface area contributed by atoms with Gasteiger partial charge < -0.3 is 9.47 Å². The van der Waals surface area contributed by atoms with Gasteiger partial charge in [-0.05, 0) is 60.7 Å². The molecule has 0 amide bonds. The third kappa shape index (κ3) is 4.51. The van der Waals surface area contributed by atoms with Gasteiger partial charge in [0.25, 0.3) is 0 Å². The van der Waals surface area contributed by atoms with Crippen LogP contribution in [0.25, 0.3) is 11.3 Å². The summed E-state index contributed by atoms with van der Waals surface area (Å²) >= 11 is 0. The van der Waals surface area contributed by atoms with E-state index < -0.39 is 5.97 Å². The summed E-state index contributed by atoms with van der Waals surface area (Å²) in [7, 11) is 1.62. The Morgan fingerprint density at radius 1 is 0.871 bits per heavy atom. The summed E-state index contributed by atoms with van der Waals surface area (Å²) < 4.78 is 10.8. The number of hydrogen-bond acceptors (Lipinski definition) is 6. The second-order valence-corrected chi connectivity index (χ2v) is 6.67. The van der Waals surface area contributed by atoms with E-state index in [0.29, 0.717) is 22.5 Å². The lowest BCUT2D eigenvalue weighted by molar-refractivity contribution is 0.0716. The zero-order chi connectivity index (χ0) is 21.6. The molecule has 0 spiro atoms. The summed E-state index contributed by atoms with van der Waals surface area (Å²) in [6.07, 6.45) is 0. The van der Waals surface area contributed by atoms with Crippen molar-refractivity contribution in [2.45, 2.75) is 6.92 Å². The zero-order valence-electron chi connectivity index (χ0n) is 17.1. The van der Waals surface area contributed by atoms with E-state index in [1.54, 1.807) is 31.4 Å². The van der Waals surface area contributed by atoms with E-state index >= 15 is 0 Å². The van der Waals surface area contributed by atoms with E-state index in [-0.39, 0.29) is 5.90 Å². The van der Waals surface area contributed by atoms with Gasteiger partial charge in [-0.1, -0.05) is 36.4 Å². The number of benzene rings is 3. The van der Waals surface area contributed by atoms with Crippen molar-refractivity contribution in [3.63, 3.8) is 0 Å². The molecule has 0 N–H and O–H groups in total. The van der Waals surface area contributed by atoms with Crippen LogP contribution in [0, 0.1) is 6.92 Å². The minimum absolute atomic E-state index is 0.128. The van der Waals surface area contributed by atoms with Gasteiger partial charge in [-0.3, -0.25) is 0 Å². The number of ether oxygens (including phenoxy) is 2. The van der Waals surface area contributed by atoms with Crippen molar-refractivity contribution in [1.29, 1.82) is 0 Å². The molecular formula is C24H20N4O3. The molecule has 0 radical (unpaired) electrons.